The van der Waals surface area contributed by atoms with E-state index in [0.717, 1.165) is 30.2 Å². The Hall–Kier alpha value is -2.52. The van der Waals surface area contributed by atoms with E-state index in [1.54, 1.807) is 33.1 Å². The first kappa shape index (κ1) is 17.6. The molecule has 2 saturated heterocycles. The summed E-state index contributed by atoms with van der Waals surface area (Å²) in [5, 5.41) is 4.35. The number of benzene rings is 1. The first-order valence-electron chi connectivity index (χ1n) is 9.42. The Morgan fingerprint density at radius 1 is 1.00 bits per heavy atom. The van der Waals surface area contributed by atoms with Crippen LogP contribution in [0.2, 0.25) is 0 Å². The second-order valence-electron chi connectivity index (χ2n) is 7.68. The normalized spacial score (nSPS) is 22.9. The maximum Gasteiger partial charge on any atom is 0.254 e. The number of nitrogens with zero attached hydrogens (tertiary/aromatic N) is 6. The minimum Gasteiger partial charge on any atom is -0.355 e. The molecule has 2 fully saturated rings. The van der Waals surface area contributed by atoms with Crippen molar-refractivity contribution in [2.24, 2.45) is 11.8 Å². The van der Waals surface area contributed by atoms with Crippen molar-refractivity contribution in [3.8, 4) is 0 Å². The van der Waals surface area contributed by atoms with E-state index in [2.05, 4.69) is 26.9 Å². The van der Waals surface area contributed by atoms with E-state index in [1.807, 2.05) is 13.0 Å². The lowest BCUT2D eigenvalue weighted by Gasteiger charge is -2.25. The van der Waals surface area contributed by atoms with Gasteiger partial charge in [0.1, 0.15) is 12.1 Å². The highest BCUT2D eigenvalue weighted by molar-refractivity contribution is 7.89. The molecule has 2 aliphatic rings. The lowest BCUT2D eigenvalue weighted by Crippen LogP contribution is -2.34. The molecule has 0 N–H and O–H groups in total. The van der Waals surface area contributed by atoms with Gasteiger partial charge in [-0.25, -0.2) is 13.4 Å². The number of anilines is 1. The van der Waals surface area contributed by atoms with Gasteiger partial charge in [0, 0.05) is 37.4 Å². The lowest BCUT2D eigenvalue weighted by atomic mass is 10.0. The predicted molar refractivity (Wildman–Crippen MR) is 105 cm³/mol. The second-order valence-corrected chi connectivity index (χ2v) is 9.62. The zero-order valence-electron chi connectivity index (χ0n) is 15.9. The van der Waals surface area contributed by atoms with Crippen LogP contribution in [0.15, 0.2) is 41.6 Å². The number of aromatic nitrogens is 4. The van der Waals surface area contributed by atoms with E-state index >= 15 is 0 Å². The van der Waals surface area contributed by atoms with E-state index < -0.39 is 10.0 Å². The highest BCUT2D eigenvalue weighted by Gasteiger charge is 2.45. The van der Waals surface area contributed by atoms with E-state index in [1.165, 1.54) is 6.33 Å². The van der Waals surface area contributed by atoms with E-state index in [0.29, 0.717) is 35.6 Å². The van der Waals surface area contributed by atoms with E-state index in [9.17, 15) is 8.42 Å². The smallest absolute Gasteiger partial charge is 0.254 e. The molecule has 2 aromatic heterocycles. The van der Waals surface area contributed by atoms with Crippen LogP contribution in [0, 0.1) is 25.7 Å². The minimum absolute atomic E-state index is 0.310. The molecule has 0 spiro atoms. The summed E-state index contributed by atoms with van der Waals surface area (Å²) in [6.45, 7) is 6.77. The Balaban J connectivity index is 1.40. The van der Waals surface area contributed by atoms with Crippen LogP contribution in [0.25, 0.3) is 5.78 Å². The van der Waals surface area contributed by atoms with Crippen LogP contribution in [0.4, 0.5) is 5.82 Å². The fraction of sp³-hybridized carbons (Fsp3) is 0.421. The molecule has 4 heterocycles. The number of aryl methyl sites for hydroxylation is 1. The van der Waals surface area contributed by atoms with Crippen molar-refractivity contribution >= 4 is 21.6 Å². The number of rotatable bonds is 3. The lowest BCUT2D eigenvalue weighted by molar-refractivity contribution is 0.453. The van der Waals surface area contributed by atoms with Crippen molar-refractivity contribution in [3.05, 3.63) is 47.9 Å². The molecule has 9 heteroatoms. The topological polar surface area (TPSA) is 83.7 Å². The van der Waals surface area contributed by atoms with Crippen molar-refractivity contribution in [2.75, 3.05) is 31.1 Å². The van der Waals surface area contributed by atoms with Gasteiger partial charge in [-0.15, -0.1) is 0 Å². The molecule has 28 heavy (non-hydrogen) atoms. The van der Waals surface area contributed by atoms with Crippen LogP contribution in [-0.4, -0.2) is 58.5 Å². The van der Waals surface area contributed by atoms with Gasteiger partial charge in [0.2, 0.25) is 10.0 Å². The Labute approximate surface area is 163 Å². The summed E-state index contributed by atoms with van der Waals surface area (Å²) in [5.74, 6) is 2.24. The number of sulfonamides is 1. The van der Waals surface area contributed by atoms with Crippen molar-refractivity contribution in [3.63, 3.8) is 0 Å². The molecule has 2 unspecified atom stereocenters. The molecule has 2 aliphatic heterocycles. The minimum atomic E-state index is -3.43. The van der Waals surface area contributed by atoms with Crippen molar-refractivity contribution in [1.82, 2.24) is 23.9 Å². The highest BCUT2D eigenvalue weighted by Crippen LogP contribution is 2.37. The molecule has 0 aliphatic carbocycles. The van der Waals surface area contributed by atoms with Crippen molar-refractivity contribution in [1.29, 1.82) is 0 Å². The molecule has 0 amide bonds. The Morgan fingerprint density at radius 2 is 1.68 bits per heavy atom. The summed E-state index contributed by atoms with van der Waals surface area (Å²) in [7, 11) is -3.43. The van der Waals surface area contributed by atoms with Crippen molar-refractivity contribution in [2.45, 2.75) is 18.7 Å². The summed E-state index contributed by atoms with van der Waals surface area (Å²) in [6, 6.07) is 8.70. The molecule has 0 saturated carbocycles. The third-order valence-electron chi connectivity index (χ3n) is 6.01. The molecule has 8 nitrogen and oxygen atoms in total. The first-order chi connectivity index (χ1) is 13.4. The standard InChI is InChI=1S/C19H22N6O2S/c1-13-14(2)22-19-20-12-21-25(19)18(13)23-8-15-10-24(11-16(15)9-23)28(26,27)17-6-4-3-5-7-17/h3-7,12,15-16H,8-11H2,1-2H3. The predicted octanol–water partition coefficient (Wildman–Crippen LogP) is 1.50. The largest absolute Gasteiger partial charge is 0.355 e. The number of fused-ring (bicyclic) bond motifs is 2. The average molecular weight is 398 g/mol. The third-order valence-corrected chi connectivity index (χ3v) is 7.86. The van der Waals surface area contributed by atoms with Crippen LogP contribution in [0.1, 0.15) is 11.3 Å². The molecule has 5 rings (SSSR count). The van der Waals surface area contributed by atoms with Crippen LogP contribution >= 0.6 is 0 Å². The van der Waals surface area contributed by atoms with Crippen molar-refractivity contribution < 1.29 is 8.42 Å². The summed E-state index contributed by atoms with van der Waals surface area (Å²) < 4.78 is 29.3. The van der Waals surface area contributed by atoms with Crippen LogP contribution in [0.3, 0.4) is 0 Å². The summed E-state index contributed by atoms with van der Waals surface area (Å²) in [6.07, 6.45) is 1.52. The summed E-state index contributed by atoms with van der Waals surface area (Å²) in [5.41, 5.74) is 2.03. The maximum atomic E-state index is 12.9. The second kappa shape index (κ2) is 6.25. The zero-order valence-corrected chi connectivity index (χ0v) is 16.7. The zero-order chi connectivity index (χ0) is 19.5. The fourth-order valence-corrected chi connectivity index (χ4v) is 6.02. The van der Waals surface area contributed by atoms with Gasteiger partial charge in [0.15, 0.2) is 0 Å². The molecule has 146 valence electrons. The molecule has 0 radical (unpaired) electrons. The molecular formula is C19H22N6O2S. The Kier molecular flexibility index (Phi) is 3.92. The number of hydrogen-bond donors (Lipinski definition) is 0. The fourth-order valence-electron chi connectivity index (χ4n) is 4.45. The molecule has 2 atom stereocenters. The molecule has 3 aromatic rings. The van der Waals surface area contributed by atoms with Gasteiger partial charge in [-0.2, -0.15) is 18.9 Å². The monoisotopic (exact) mass is 398 g/mol. The van der Waals surface area contributed by atoms with Crippen LogP contribution in [-0.2, 0) is 10.0 Å². The quantitative estimate of drug-likeness (QED) is 0.665. The Bertz CT molecular complexity index is 1130. The van der Waals surface area contributed by atoms with Gasteiger partial charge >= 0.3 is 0 Å². The molecule has 0 bridgehead atoms. The van der Waals surface area contributed by atoms with Crippen LogP contribution in [0.5, 0.6) is 0 Å². The van der Waals surface area contributed by atoms with Gasteiger partial charge in [0.25, 0.3) is 5.78 Å². The van der Waals surface area contributed by atoms with Crippen LogP contribution < -0.4 is 4.90 Å². The summed E-state index contributed by atoms with van der Waals surface area (Å²) in [4.78, 5) is 11.4. The number of hydrogen-bond acceptors (Lipinski definition) is 6. The maximum absolute atomic E-state index is 12.9. The SMILES string of the molecule is Cc1nc2ncnn2c(N2CC3CN(S(=O)(=O)c4ccccc4)CC3C2)c1C. The van der Waals surface area contributed by atoms with Gasteiger partial charge in [-0.05, 0) is 37.8 Å². The van der Waals surface area contributed by atoms with Gasteiger partial charge in [0.05, 0.1) is 4.90 Å². The van der Waals surface area contributed by atoms with Gasteiger partial charge in [-0.1, -0.05) is 18.2 Å². The van der Waals surface area contributed by atoms with E-state index in [4.69, 9.17) is 0 Å². The first-order valence-corrected chi connectivity index (χ1v) is 10.9. The van der Waals surface area contributed by atoms with Gasteiger partial charge < -0.3 is 4.90 Å². The highest BCUT2D eigenvalue weighted by atomic mass is 32.2. The van der Waals surface area contributed by atoms with Gasteiger partial charge in [-0.3, -0.25) is 0 Å². The third kappa shape index (κ3) is 2.61. The average Bonchev–Trinajstić information content (AvgIpc) is 3.38. The molecular weight excluding hydrogens is 376 g/mol. The Morgan fingerprint density at radius 3 is 2.36 bits per heavy atom. The summed E-state index contributed by atoms with van der Waals surface area (Å²) >= 11 is 0. The van der Waals surface area contributed by atoms with E-state index in [-0.39, 0.29) is 0 Å². The molecule has 1 aromatic carbocycles.